The number of para-hydroxylation sites is 1. The second-order valence-electron chi connectivity index (χ2n) is 6.11. The van der Waals surface area contributed by atoms with Crippen LogP contribution in [0.25, 0.3) is 10.9 Å². The molecule has 0 radical (unpaired) electrons. The van der Waals surface area contributed by atoms with Gasteiger partial charge in [0.05, 0.1) is 11.9 Å². The fourth-order valence-corrected chi connectivity index (χ4v) is 3.27. The maximum atomic E-state index is 11.1. The van der Waals surface area contributed by atoms with Gasteiger partial charge in [-0.1, -0.05) is 32.0 Å². The van der Waals surface area contributed by atoms with Gasteiger partial charge in [-0.05, 0) is 24.0 Å². The van der Waals surface area contributed by atoms with Gasteiger partial charge in [0.25, 0.3) is 0 Å². The number of rotatable bonds is 3. The number of nitrogens with zero attached hydrogens (tertiary/aromatic N) is 1. The SMILES string of the molecule is CC(C)(CC(=O)O)c1cn2c3c(cccc13)CCC2. The normalized spacial score (nSPS) is 14.8. The Morgan fingerprint density at radius 1 is 1.42 bits per heavy atom. The van der Waals surface area contributed by atoms with Gasteiger partial charge in [-0.2, -0.15) is 0 Å². The minimum atomic E-state index is -0.739. The van der Waals surface area contributed by atoms with E-state index >= 15 is 0 Å². The first-order valence-electron chi connectivity index (χ1n) is 6.82. The van der Waals surface area contributed by atoms with Crippen molar-refractivity contribution in [1.82, 2.24) is 4.57 Å². The Balaban J connectivity index is 2.21. The summed E-state index contributed by atoms with van der Waals surface area (Å²) in [7, 11) is 0. The first kappa shape index (κ1) is 12.3. The summed E-state index contributed by atoms with van der Waals surface area (Å²) in [5.74, 6) is -0.739. The lowest BCUT2D eigenvalue weighted by atomic mass is 9.81. The van der Waals surface area contributed by atoms with Gasteiger partial charge >= 0.3 is 5.97 Å². The van der Waals surface area contributed by atoms with Crippen molar-refractivity contribution in [2.75, 3.05) is 0 Å². The molecule has 0 fully saturated rings. The van der Waals surface area contributed by atoms with E-state index < -0.39 is 5.97 Å². The lowest BCUT2D eigenvalue weighted by molar-refractivity contribution is -0.138. The molecule has 2 aromatic rings. The molecule has 3 nitrogen and oxygen atoms in total. The highest BCUT2D eigenvalue weighted by atomic mass is 16.4. The average molecular weight is 257 g/mol. The zero-order valence-corrected chi connectivity index (χ0v) is 11.4. The summed E-state index contributed by atoms with van der Waals surface area (Å²) >= 11 is 0. The Morgan fingerprint density at radius 3 is 2.95 bits per heavy atom. The summed E-state index contributed by atoms with van der Waals surface area (Å²) in [6.07, 6.45) is 4.62. The zero-order chi connectivity index (χ0) is 13.6. The Labute approximate surface area is 112 Å². The monoisotopic (exact) mass is 257 g/mol. The molecule has 0 amide bonds. The van der Waals surface area contributed by atoms with E-state index in [1.165, 1.54) is 22.9 Å². The summed E-state index contributed by atoms with van der Waals surface area (Å²) < 4.78 is 2.30. The van der Waals surface area contributed by atoms with E-state index in [0.29, 0.717) is 0 Å². The highest BCUT2D eigenvalue weighted by Crippen LogP contribution is 2.37. The highest BCUT2D eigenvalue weighted by molar-refractivity contribution is 5.89. The van der Waals surface area contributed by atoms with Crippen molar-refractivity contribution in [3.63, 3.8) is 0 Å². The van der Waals surface area contributed by atoms with Gasteiger partial charge in [0.1, 0.15) is 0 Å². The third-order valence-corrected chi connectivity index (χ3v) is 4.15. The quantitative estimate of drug-likeness (QED) is 0.916. The number of aromatic nitrogens is 1. The predicted molar refractivity (Wildman–Crippen MR) is 75.5 cm³/mol. The van der Waals surface area contributed by atoms with Crippen molar-refractivity contribution in [3.05, 3.63) is 35.5 Å². The van der Waals surface area contributed by atoms with Gasteiger partial charge < -0.3 is 9.67 Å². The molecule has 0 saturated heterocycles. The van der Waals surface area contributed by atoms with Crippen LogP contribution in [-0.4, -0.2) is 15.6 Å². The predicted octanol–water partition coefficient (Wildman–Crippen LogP) is 3.34. The van der Waals surface area contributed by atoms with Crippen molar-refractivity contribution < 1.29 is 9.90 Å². The van der Waals surface area contributed by atoms with Crippen LogP contribution in [0.2, 0.25) is 0 Å². The van der Waals surface area contributed by atoms with Crippen molar-refractivity contribution in [2.45, 2.75) is 45.1 Å². The smallest absolute Gasteiger partial charge is 0.304 e. The first-order valence-corrected chi connectivity index (χ1v) is 6.82. The summed E-state index contributed by atoms with van der Waals surface area (Å²) in [6.45, 7) is 5.08. The number of carboxylic acid groups (broad SMARTS) is 1. The third-order valence-electron chi connectivity index (χ3n) is 4.15. The summed E-state index contributed by atoms with van der Waals surface area (Å²) in [5.41, 5.74) is 3.52. The molecule has 1 N–H and O–H groups in total. The van der Waals surface area contributed by atoms with Crippen molar-refractivity contribution >= 4 is 16.9 Å². The van der Waals surface area contributed by atoms with Gasteiger partial charge in [0, 0.05) is 23.5 Å². The summed E-state index contributed by atoms with van der Waals surface area (Å²) in [5, 5.41) is 10.3. The highest BCUT2D eigenvalue weighted by Gasteiger charge is 2.29. The molecule has 0 spiro atoms. The van der Waals surface area contributed by atoms with E-state index in [0.717, 1.165) is 18.5 Å². The maximum absolute atomic E-state index is 11.1. The average Bonchev–Trinajstić information content (AvgIpc) is 2.70. The number of hydrogen-bond donors (Lipinski definition) is 1. The molecule has 0 unspecified atom stereocenters. The number of hydrogen-bond acceptors (Lipinski definition) is 1. The Bertz CT molecular complexity index is 652. The second kappa shape index (κ2) is 4.12. The van der Waals surface area contributed by atoms with E-state index in [1.54, 1.807) is 0 Å². The van der Waals surface area contributed by atoms with E-state index in [9.17, 15) is 4.79 Å². The van der Waals surface area contributed by atoms with E-state index in [4.69, 9.17) is 5.11 Å². The molecule has 1 aromatic heterocycles. The number of carboxylic acids is 1. The molecule has 1 aliphatic rings. The zero-order valence-electron chi connectivity index (χ0n) is 11.4. The molecule has 100 valence electrons. The topological polar surface area (TPSA) is 42.2 Å². The molecule has 1 aromatic carbocycles. The molecule has 1 aliphatic heterocycles. The lowest BCUT2D eigenvalue weighted by Crippen LogP contribution is -2.21. The molecule has 0 saturated carbocycles. The largest absolute Gasteiger partial charge is 0.481 e. The van der Waals surface area contributed by atoms with Crippen LogP contribution >= 0.6 is 0 Å². The number of carbonyl (C=O) groups is 1. The molecule has 2 heterocycles. The van der Waals surface area contributed by atoms with Crippen molar-refractivity contribution in [3.8, 4) is 0 Å². The van der Waals surface area contributed by atoms with Gasteiger partial charge in [-0.15, -0.1) is 0 Å². The fraction of sp³-hybridized carbons (Fsp3) is 0.438. The second-order valence-corrected chi connectivity index (χ2v) is 6.11. The van der Waals surface area contributed by atoms with Crippen LogP contribution in [0, 0.1) is 0 Å². The van der Waals surface area contributed by atoms with Gasteiger partial charge in [0.2, 0.25) is 0 Å². The Morgan fingerprint density at radius 2 is 2.21 bits per heavy atom. The third kappa shape index (κ3) is 1.93. The van der Waals surface area contributed by atoms with E-state index in [1.807, 2.05) is 13.8 Å². The van der Waals surface area contributed by atoms with Crippen LogP contribution in [0.5, 0.6) is 0 Å². The van der Waals surface area contributed by atoms with Crippen LogP contribution in [0.15, 0.2) is 24.4 Å². The molecular weight excluding hydrogens is 238 g/mol. The van der Waals surface area contributed by atoms with Crippen LogP contribution in [0.1, 0.15) is 37.8 Å². The van der Waals surface area contributed by atoms with Crippen molar-refractivity contribution in [1.29, 1.82) is 0 Å². The molecular formula is C16H19NO2. The maximum Gasteiger partial charge on any atom is 0.304 e. The number of aliphatic carboxylic acids is 1. The van der Waals surface area contributed by atoms with Crippen LogP contribution in [0.4, 0.5) is 0 Å². The van der Waals surface area contributed by atoms with E-state index in [-0.39, 0.29) is 11.8 Å². The van der Waals surface area contributed by atoms with E-state index in [2.05, 4.69) is 29.0 Å². The molecule has 0 aliphatic carbocycles. The minimum absolute atomic E-state index is 0.163. The number of benzene rings is 1. The minimum Gasteiger partial charge on any atom is -0.481 e. The Kier molecular flexibility index (Phi) is 2.66. The van der Waals surface area contributed by atoms with Crippen molar-refractivity contribution in [2.24, 2.45) is 0 Å². The Hall–Kier alpha value is -1.77. The van der Waals surface area contributed by atoms with Gasteiger partial charge in [0.15, 0.2) is 0 Å². The van der Waals surface area contributed by atoms with Gasteiger partial charge in [-0.25, -0.2) is 0 Å². The van der Waals surface area contributed by atoms with Gasteiger partial charge in [-0.3, -0.25) is 4.79 Å². The van der Waals surface area contributed by atoms with Crippen LogP contribution in [0.3, 0.4) is 0 Å². The van der Waals surface area contributed by atoms with Crippen LogP contribution < -0.4 is 0 Å². The lowest BCUT2D eigenvalue weighted by Gasteiger charge is -2.22. The molecule has 19 heavy (non-hydrogen) atoms. The first-order chi connectivity index (χ1) is 8.99. The number of aryl methyl sites for hydroxylation is 2. The molecule has 0 bridgehead atoms. The molecule has 0 atom stereocenters. The van der Waals surface area contributed by atoms with Crippen LogP contribution in [-0.2, 0) is 23.2 Å². The molecule has 3 rings (SSSR count). The summed E-state index contributed by atoms with van der Waals surface area (Å²) in [6, 6.07) is 6.40. The summed E-state index contributed by atoms with van der Waals surface area (Å²) in [4.78, 5) is 11.1. The molecule has 3 heteroatoms. The standard InChI is InChI=1S/C16H19NO2/c1-16(2,9-14(18)19)13-10-17-8-4-6-11-5-3-7-12(13)15(11)17/h3,5,7,10H,4,6,8-9H2,1-2H3,(H,18,19). The fourth-order valence-electron chi connectivity index (χ4n) is 3.27.